The zero-order valence-electron chi connectivity index (χ0n) is 8.13. The van der Waals surface area contributed by atoms with Crippen LogP contribution in [0.3, 0.4) is 0 Å². The minimum atomic E-state index is -0.510. The molecule has 0 radical (unpaired) electrons. The van der Waals surface area contributed by atoms with Crippen molar-refractivity contribution in [3.8, 4) is 0 Å². The van der Waals surface area contributed by atoms with E-state index in [1.165, 1.54) is 12.1 Å². The Balaban J connectivity index is 2.36. The van der Waals surface area contributed by atoms with Crippen LogP contribution in [0.2, 0.25) is 0 Å². The number of aliphatic hydroxyl groups is 1. The second-order valence-electron chi connectivity index (χ2n) is 3.72. The first-order chi connectivity index (χ1) is 6.72. The van der Waals surface area contributed by atoms with Gasteiger partial charge in [-0.1, -0.05) is 6.07 Å². The van der Waals surface area contributed by atoms with Crippen molar-refractivity contribution < 1.29 is 9.50 Å². The largest absolute Gasteiger partial charge is 0.387 e. The zero-order valence-corrected chi connectivity index (χ0v) is 8.13. The Morgan fingerprint density at radius 3 is 3.00 bits per heavy atom. The fraction of sp³-hybridized carbons (Fsp3) is 0.455. The minimum Gasteiger partial charge on any atom is -0.387 e. The maximum absolute atomic E-state index is 12.9. The average molecular weight is 195 g/mol. The number of hydrogen-bond donors (Lipinski definition) is 2. The van der Waals surface area contributed by atoms with Crippen molar-refractivity contribution in [1.29, 1.82) is 0 Å². The van der Waals surface area contributed by atoms with Gasteiger partial charge in [-0.05, 0) is 43.1 Å². The number of aryl methyl sites for hydroxylation is 1. The van der Waals surface area contributed by atoms with E-state index in [1.807, 2.05) is 7.05 Å². The van der Waals surface area contributed by atoms with E-state index < -0.39 is 6.10 Å². The highest BCUT2D eigenvalue weighted by Crippen LogP contribution is 2.30. The fourth-order valence-corrected chi connectivity index (χ4v) is 2.07. The molecule has 0 saturated heterocycles. The summed E-state index contributed by atoms with van der Waals surface area (Å²) in [6.45, 7) is 0. The third-order valence-electron chi connectivity index (χ3n) is 2.90. The van der Waals surface area contributed by atoms with E-state index in [9.17, 15) is 9.50 Å². The van der Waals surface area contributed by atoms with E-state index in [0.717, 1.165) is 24.0 Å². The van der Waals surface area contributed by atoms with Gasteiger partial charge in [-0.25, -0.2) is 4.39 Å². The Kier molecular flexibility index (Phi) is 2.52. The molecule has 0 aromatic heterocycles. The summed E-state index contributed by atoms with van der Waals surface area (Å²) in [5.74, 6) is -0.223. The molecule has 0 heterocycles. The van der Waals surface area contributed by atoms with Gasteiger partial charge in [0.25, 0.3) is 0 Å². The topological polar surface area (TPSA) is 32.3 Å². The van der Waals surface area contributed by atoms with Gasteiger partial charge in [-0.2, -0.15) is 0 Å². The molecule has 0 bridgehead atoms. The van der Waals surface area contributed by atoms with Crippen LogP contribution in [0.4, 0.5) is 4.39 Å². The van der Waals surface area contributed by atoms with Gasteiger partial charge in [-0.15, -0.1) is 0 Å². The standard InChI is InChI=1S/C11H14FNO/c1-13-10-5-2-7-6-8(12)3-4-9(7)11(10)14/h3-4,6,10-11,13-14H,2,5H2,1H3. The molecule has 2 unspecified atom stereocenters. The molecule has 14 heavy (non-hydrogen) atoms. The molecule has 2 N–H and O–H groups in total. The number of hydrogen-bond acceptors (Lipinski definition) is 2. The Labute approximate surface area is 82.8 Å². The highest BCUT2D eigenvalue weighted by atomic mass is 19.1. The summed E-state index contributed by atoms with van der Waals surface area (Å²) >= 11 is 0. The van der Waals surface area contributed by atoms with E-state index >= 15 is 0 Å². The summed E-state index contributed by atoms with van der Waals surface area (Å²) in [6.07, 6.45) is 1.17. The number of halogens is 1. The van der Waals surface area contributed by atoms with Gasteiger partial charge in [0, 0.05) is 6.04 Å². The summed E-state index contributed by atoms with van der Waals surface area (Å²) < 4.78 is 12.9. The number of likely N-dealkylation sites (N-methyl/N-ethyl adjacent to an activating group) is 1. The van der Waals surface area contributed by atoms with Crippen LogP contribution in [0.5, 0.6) is 0 Å². The van der Waals surface area contributed by atoms with Crippen LogP contribution in [-0.2, 0) is 6.42 Å². The molecule has 1 aliphatic carbocycles. The van der Waals surface area contributed by atoms with Crippen molar-refractivity contribution in [1.82, 2.24) is 5.32 Å². The van der Waals surface area contributed by atoms with E-state index in [0.29, 0.717) is 0 Å². The van der Waals surface area contributed by atoms with Crippen LogP contribution in [0.15, 0.2) is 18.2 Å². The fourth-order valence-electron chi connectivity index (χ4n) is 2.07. The van der Waals surface area contributed by atoms with Crippen LogP contribution >= 0.6 is 0 Å². The van der Waals surface area contributed by atoms with E-state index in [-0.39, 0.29) is 11.9 Å². The number of aliphatic hydroxyl groups excluding tert-OH is 1. The molecule has 1 aromatic rings. The zero-order chi connectivity index (χ0) is 10.1. The van der Waals surface area contributed by atoms with Crippen molar-refractivity contribution in [2.45, 2.75) is 25.0 Å². The molecule has 2 atom stereocenters. The van der Waals surface area contributed by atoms with Gasteiger partial charge in [0.05, 0.1) is 6.10 Å². The second kappa shape index (κ2) is 3.67. The minimum absolute atomic E-state index is 0.0907. The van der Waals surface area contributed by atoms with Gasteiger partial charge >= 0.3 is 0 Å². The maximum atomic E-state index is 12.9. The quantitative estimate of drug-likeness (QED) is 0.709. The molecular formula is C11H14FNO. The first-order valence-corrected chi connectivity index (χ1v) is 4.86. The summed E-state index contributed by atoms with van der Waals surface area (Å²) in [7, 11) is 1.84. The number of fused-ring (bicyclic) bond motifs is 1. The Morgan fingerprint density at radius 2 is 2.29 bits per heavy atom. The van der Waals surface area contributed by atoms with E-state index in [4.69, 9.17) is 0 Å². The van der Waals surface area contributed by atoms with Gasteiger partial charge in [-0.3, -0.25) is 0 Å². The number of benzene rings is 1. The molecule has 0 fully saturated rings. The summed E-state index contributed by atoms with van der Waals surface area (Å²) in [5, 5.41) is 13.0. The van der Waals surface area contributed by atoms with Crippen LogP contribution < -0.4 is 5.32 Å². The lowest BCUT2D eigenvalue weighted by Gasteiger charge is -2.29. The molecule has 0 aliphatic heterocycles. The van der Waals surface area contributed by atoms with Crippen LogP contribution in [0.25, 0.3) is 0 Å². The second-order valence-corrected chi connectivity index (χ2v) is 3.72. The first kappa shape index (κ1) is 9.62. The molecule has 3 heteroatoms. The summed E-state index contributed by atoms with van der Waals surface area (Å²) in [5.41, 5.74) is 1.79. The van der Waals surface area contributed by atoms with Gasteiger partial charge in [0.15, 0.2) is 0 Å². The summed E-state index contributed by atoms with van der Waals surface area (Å²) in [4.78, 5) is 0. The van der Waals surface area contributed by atoms with Crippen molar-refractivity contribution in [3.63, 3.8) is 0 Å². The smallest absolute Gasteiger partial charge is 0.123 e. The molecule has 0 amide bonds. The van der Waals surface area contributed by atoms with Crippen molar-refractivity contribution in [3.05, 3.63) is 35.1 Å². The normalized spacial score (nSPS) is 25.9. The Bertz CT molecular complexity index is 340. The lowest BCUT2D eigenvalue weighted by atomic mass is 9.86. The molecular weight excluding hydrogens is 181 g/mol. The van der Waals surface area contributed by atoms with E-state index in [2.05, 4.69) is 5.32 Å². The molecule has 76 valence electrons. The Morgan fingerprint density at radius 1 is 1.50 bits per heavy atom. The predicted molar refractivity (Wildman–Crippen MR) is 52.5 cm³/mol. The van der Waals surface area contributed by atoms with Gasteiger partial charge < -0.3 is 10.4 Å². The third-order valence-corrected chi connectivity index (χ3v) is 2.90. The van der Waals surface area contributed by atoms with Crippen molar-refractivity contribution in [2.24, 2.45) is 0 Å². The van der Waals surface area contributed by atoms with E-state index in [1.54, 1.807) is 6.07 Å². The highest BCUT2D eigenvalue weighted by molar-refractivity contribution is 5.33. The average Bonchev–Trinajstić information content (AvgIpc) is 2.18. The molecule has 0 saturated carbocycles. The lowest BCUT2D eigenvalue weighted by molar-refractivity contribution is 0.119. The molecule has 0 spiro atoms. The van der Waals surface area contributed by atoms with Crippen LogP contribution in [-0.4, -0.2) is 18.2 Å². The molecule has 2 rings (SSSR count). The predicted octanol–water partition coefficient (Wildman–Crippen LogP) is 1.39. The molecule has 2 nitrogen and oxygen atoms in total. The van der Waals surface area contributed by atoms with Crippen molar-refractivity contribution in [2.75, 3.05) is 7.05 Å². The van der Waals surface area contributed by atoms with Crippen molar-refractivity contribution >= 4 is 0 Å². The Hall–Kier alpha value is -0.930. The van der Waals surface area contributed by atoms with Gasteiger partial charge in [0.2, 0.25) is 0 Å². The monoisotopic (exact) mass is 195 g/mol. The first-order valence-electron chi connectivity index (χ1n) is 4.86. The molecule has 1 aliphatic rings. The van der Waals surface area contributed by atoms with Gasteiger partial charge in [0.1, 0.15) is 5.82 Å². The molecule has 1 aromatic carbocycles. The maximum Gasteiger partial charge on any atom is 0.123 e. The SMILES string of the molecule is CNC1CCc2cc(F)ccc2C1O. The van der Waals surface area contributed by atoms with Crippen LogP contribution in [0.1, 0.15) is 23.7 Å². The summed E-state index contributed by atoms with van der Waals surface area (Å²) in [6, 6.07) is 4.69. The highest BCUT2D eigenvalue weighted by Gasteiger charge is 2.26. The van der Waals surface area contributed by atoms with Crippen LogP contribution in [0, 0.1) is 5.82 Å². The third kappa shape index (κ3) is 1.53. The number of nitrogens with one attached hydrogen (secondary N) is 1. The lowest BCUT2D eigenvalue weighted by Crippen LogP contribution is -2.35. The number of rotatable bonds is 1.